The van der Waals surface area contributed by atoms with Gasteiger partial charge in [0.1, 0.15) is 5.82 Å². The monoisotopic (exact) mass is 516 g/mol. The highest BCUT2D eigenvalue weighted by Gasteiger charge is 2.52. The van der Waals surface area contributed by atoms with E-state index in [1.807, 2.05) is 52.0 Å². The van der Waals surface area contributed by atoms with Gasteiger partial charge in [0.25, 0.3) is 5.91 Å². The molecule has 0 unspecified atom stereocenters. The summed E-state index contributed by atoms with van der Waals surface area (Å²) in [4.78, 5) is 27.6. The van der Waals surface area contributed by atoms with Gasteiger partial charge in [-0.2, -0.15) is 0 Å². The lowest BCUT2D eigenvalue weighted by molar-refractivity contribution is 0.00578. The molecule has 0 radical (unpaired) electrons. The maximum Gasteiger partial charge on any atom is 0.494 e. The van der Waals surface area contributed by atoms with Crippen molar-refractivity contribution in [3.8, 4) is 0 Å². The zero-order valence-corrected chi connectivity index (χ0v) is 22.1. The molecule has 0 spiro atoms. The number of carbonyl (C=O) groups excluding carboxylic acids is 1. The third-order valence-electron chi connectivity index (χ3n) is 7.30. The van der Waals surface area contributed by atoms with Crippen LogP contribution in [-0.4, -0.2) is 39.9 Å². The predicted octanol–water partition coefficient (Wildman–Crippen LogP) is 4.27. The molecule has 5 rings (SSSR count). The Morgan fingerprint density at radius 2 is 1.84 bits per heavy atom. The van der Waals surface area contributed by atoms with Gasteiger partial charge in [-0.1, -0.05) is 17.3 Å². The molecule has 10 heteroatoms. The third-order valence-corrected chi connectivity index (χ3v) is 7.30. The van der Waals surface area contributed by atoms with Gasteiger partial charge in [0.05, 0.1) is 40.5 Å². The second-order valence-corrected chi connectivity index (χ2v) is 10.6. The second kappa shape index (κ2) is 9.92. The van der Waals surface area contributed by atoms with Crippen molar-refractivity contribution in [2.75, 3.05) is 0 Å². The summed E-state index contributed by atoms with van der Waals surface area (Å²) in [5, 5.41) is 7.27. The number of hydrogen-bond acceptors (Lipinski definition) is 7. The number of aromatic nitrogens is 2. The number of halogens is 1. The SMILES string of the molecule is C[C@@H](NC(=O)c1cc(B2OC(C)(C)C(C)(C)O2)cc(C2=NO[C@H](c3ccccn3)C2)c1)c1ccc(F)cn1. The highest BCUT2D eigenvalue weighted by molar-refractivity contribution is 6.62. The highest BCUT2D eigenvalue weighted by Crippen LogP contribution is 2.37. The lowest BCUT2D eigenvalue weighted by Gasteiger charge is -2.32. The molecule has 1 N–H and O–H groups in total. The van der Waals surface area contributed by atoms with Gasteiger partial charge in [0, 0.05) is 18.2 Å². The largest absolute Gasteiger partial charge is 0.494 e. The Morgan fingerprint density at radius 3 is 2.50 bits per heavy atom. The first-order valence-electron chi connectivity index (χ1n) is 12.6. The lowest BCUT2D eigenvalue weighted by atomic mass is 9.77. The minimum Gasteiger partial charge on any atom is -0.399 e. The maximum absolute atomic E-state index is 13.4. The predicted molar refractivity (Wildman–Crippen MR) is 141 cm³/mol. The van der Waals surface area contributed by atoms with Crippen LogP contribution in [0.2, 0.25) is 0 Å². The highest BCUT2D eigenvalue weighted by atomic mass is 19.1. The van der Waals surface area contributed by atoms with E-state index in [0.29, 0.717) is 28.9 Å². The van der Waals surface area contributed by atoms with E-state index in [1.165, 1.54) is 6.07 Å². The van der Waals surface area contributed by atoms with Crippen LogP contribution in [0.15, 0.2) is 66.1 Å². The van der Waals surface area contributed by atoms with Crippen molar-refractivity contribution in [1.29, 1.82) is 0 Å². The van der Waals surface area contributed by atoms with Gasteiger partial charge >= 0.3 is 7.12 Å². The van der Waals surface area contributed by atoms with Crippen molar-refractivity contribution in [2.45, 2.75) is 64.4 Å². The average molecular weight is 516 g/mol. The molecule has 1 fully saturated rings. The van der Waals surface area contributed by atoms with Crippen molar-refractivity contribution in [3.05, 3.63) is 89.3 Å². The van der Waals surface area contributed by atoms with Crippen LogP contribution in [0.5, 0.6) is 0 Å². The summed E-state index contributed by atoms with van der Waals surface area (Å²) in [5.74, 6) is -0.750. The Bertz CT molecular complexity index is 1350. The lowest BCUT2D eigenvalue weighted by Crippen LogP contribution is -2.41. The Morgan fingerprint density at radius 1 is 1.08 bits per heavy atom. The van der Waals surface area contributed by atoms with Crippen LogP contribution in [0.4, 0.5) is 4.39 Å². The van der Waals surface area contributed by atoms with Crippen LogP contribution >= 0.6 is 0 Å². The Balaban J connectivity index is 1.45. The molecule has 0 aliphatic carbocycles. The molecule has 0 bridgehead atoms. The molecule has 8 nitrogen and oxygen atoms in total. The Labute approximate surface area is 221 Å². The number of carbonyl (C=O) groups is 1. The smallest absolute Gasteiger partial charge is 0.399 e. The molecule has 2 aromatic heterocycles. The molecular formula is C28H30BFN4O4. The number of nitrogens with zero attached hydrogens (tertiary/aromatic N) is 3. The van der Waals surface area contributed by atoms with Gasteiger partial charge in [0.2, 0.25) is 0 Å². The van der Waals surface area contributed by atoms with E-state index >= 15 is 0 Å². The fourth-order valence-corrected chi connectivity index (χ4v) is 4.33. The number of benzene rings is 1. The standard InChI is InChI=1S/C28H30BFN4O4/c1-17(22-10-9-21(30)16-32-22)33-26(35)19-12-18(24-15-25(36-34-24)23-8-6-7-11-31-23)13-20(14-19)29-37-27(2,3)28(4,5)38-29/h6-14,16-17,25H,15H2,1-5H3,(H,33,35)/t17-,25+/m1/s1. The molecule has 1 saturated heterocycles. The summed E-state index contributed by atoms with van der Waals surface area (Å²) in [7, 11) is -0.669. The van der Waals surface area contributed by atoms with Gasteiger partial charge in [-0.05, 0) is 82.0 Å². The van der Waals surface area contributed by atoms with Crippen LogP contribution in [0.3, 0.4) is 0 Å². The minimum absolute atomic E-state index is 0.312. The first-order valence-corrected chi connectivity index (χ1v) is 12.6. The van der Waals surface area contributed by atoms with Gasteiger partial charge in [-0.25, -0.2) is 4.39 Å². The summed E-state index contributed by atoms with van der Waals surface area (Å²) in [5.41, 5.74) is 2.77. The quantitative estimate of drug-likeness (QED) is 0.492. The molecule has 2 atom stereocenters. The Kier molecular flexibility index (Phi) is 6.79. The summed E-state index contributed by atoms with van der Waals surface area (Å²) >= 11 is 0. The number of oxime groups is 1. The van der Waals surface area contributed by atoms with Gasteiger partial charge in [-0.3, -0.25) is 14.8 Å². The van der Waals surface area contributed by atoms with E-state index in [1.54, 1.807) is 31.3 Å². The van der Waals surface area contributed by atoms with E-state index in [2.05, 4.69) is 20.4 Å². The number of amides is 1. The number of rotatable bonds is 6. The number of nitrogens with one attached hydrogen (secondary N) is 1. The van der Waals surface area contributed by atoms with Crippen molar-refractivity contribution < 1.29 is 23.3 Å². The minimum atomic E-state index is -0.669. The molecule has 2 aliphatic rings. The molecule has 1 aromatic carbocycles. The summed E-state index contributed by atoms with van der Waals surface area (Å²) in [6.07, 6.45) is 3.04. The van der Waals surface area contributed by atoms with E-state index < -0.39 is 30.2 Å². The zero-order chi connectivity index (χ0) is 27.1. The van der Waals surface area contributed by atoms with Crippen LogP contribution in [-0.2, 0) is 14.1 Å². The van der Waals surface area contributed by atoms with Gasteiger partial charge in [-0.15, -0.1) is 0 Å². The van der Waals surface area contributed by atoms with Crippen molar-refractivity contribution in [2.24, 2.45) is 5.16 Å². The van der Waals surface area contributed by atoms with E-state index in [-0.39, 0.29) is 12.0 Å². The average Bonchev–Trinajstić information content (AvgIpc) is 3.47. The van der Waals surface area contributed by atoms with Crippen LogP contribution < -0.4 is 10.8 Å². The van der Waals surface area contributed by atoms with Crippen LogP contribution in [0.1, 0.15) is 80.5 Å². The molecule has 2 aliphatic heterocycles. The topological polar surface area (TPSA) is 94.9 Å². The van der Waals surface area contributed by atoms with E-state index in [4.69, 9.17) is 14.1 Å². The molecule has 4 heterocycles. The van der Waals surface area contributed by atoms with Crippen molar-refractivity contribution in [3.63, 3.8) is 0 Å². The first-order chi connectivity index (χ1) is 18.0. The molecule has 196 valence electrons. The van der Waals surface area contributed by atoms with Gasteiger partial charge < -0.3 is 19.5 Å². The Hall–Kier alpha value is -3.63. The molecular weight excluding hydrogens is 486 g/mol. The number of hydrogen-bond donors (Lipinski definition) is 1. The molecule has 0 saturated carbocycles. The fourth-order valence-electron chi connectivity index (χ4n) is 4.33. The summed E-state index contributed by atoms with van der Waals surface area (Å²) in [6, 6.07) is 13.5. The number of pyridine rings is 2. The molecule has 1 amide bonds. The second-order valence-electron chi connectivity index (χ2n) is 10.6. The summed E-state index contributed by atoms with van der Waals surface area (Å²) in [6.45, 7) is 9.72. The maximum atomic E-state index is 13.4. The summed E-state index contributed by atoms with van der Waals surface area (Å²) < 4.78 is 25.9. The van der Waals surface area contributed by atoms with Crippen molar-refractivity contribution in [1.82, 2.24) is 15.3 Å². The van der Waals surface area contributed by atoms with E-state index in [0.717, 1.165) is 17.5 Å². The molecule has 38 heavy (non-hydrogen) atoms. The zero-order valence-electron chi connectivity index (χ0n) is 22.1. The van der Waals surface area contributed by atoms with E-state index in [9.17, 15) is 9.18 Å². The van der Waals surface area contributed by atoms with Crippen LogP contribution in [0.25, 0.3) is 0 Å². The third kappa shape index (κ3) is 5.19. The normalized spacial score (nSPS) is 20.5. The molecule has 3 aromatic rings. The fraction of sp³-hybridized carbons (Fsp3) is 0.357. The van der Waals surface area contributed by atoms with Gasteiger partial charge in [0.15, 0.2) is 6.10 Å². The first kappa shape index (κ1) is 26.0. The van der Waals surface area contributed by atoms with Crippen molar-refractivity contribution >= 4 is 24.2 Å². The van der Waals surface area contributed by atoms with Crippen LogP contribution in [0, 0.1) is 5.82 Å².